The average Bonchev–Trinajstić information content (AvgIpc) is 2.62. The molecule has 0 aliphatic rings. The zero-order valence-corrected chi connectivity index (χ0v) is 14.3. The van der Waals surface area contributed by atoms with Crippen LogP contribution >= 0.6 is 0 Å². The van der Waals surface area contributed by atoms with Gasteiger partial charge in [-0.25, -0.2) is 9.59 Å². The van der Waals surface area contributed by atoms with E-state index in [1.165, 1.54) is 0 Å². The van der Waals surface area contributed by atoms with E-state index in [1.54, 1.807) is 24.3 Å². The average molecular weight is 336 g/mol. The minimum atomic E-state index is -0.587. The molecule has 0 aliphatic heterocycles. The lowest BCUT2D eigenvalue weighted by Crippen LogP contribution is -2.22. The molecule has 2 aromatic rings. The van der Waals surface area contributed by atoms with Gasteiger partial charge in [0.2, 0.25) is 0 Å². The second-order valence-electron chi connectivity index (χ2n) is 5.87. The molecule has 2 aromatic carbocycles. The molecule has 0 spiro atoms. The minimum absolute atomic E-state index is 0.433. The molecular weight excluding hydrogens is 316 g/mol. The van der Waals surface area contributed by atoms with E-state index in [0.29, 0.717) is 11.5 Å². The van der Waals surface area contributed by atoms with Crippen LogP contribution in [0.5, 0.6) is 11.5 Å². The molecule has 0 saturated carbocycles. The van der Waals surface area contributed by atoms with Crippen LogP contribution in [0.25, 0.3) is 0 Å². The Morgan fingerprint density at radius 2 is 1.16 bits per heavy atom. The number of rotatable bonds is 6. The highest BCUT2D eigenvalue weighted by molar-refractivity contribution is 5.84. The zero-order valence-electron chi connectivity index (χ0n) is 14.3. The first-order valence-corrected chi connectivity index (χ1v) is 7.77. The van der Waals surface area contributed by atoms with E-state index >= 15 is 0 Å². The summed E-state index contributed by atoms with van der Waals surface area (Å²) in [5, 5.41) is 0. The second-order valence-corrected chi connectivity index (χ2v) is 5.87. The zero-order chi connectivity index (χ0) is 18.4. The lowest BCUT2D eigenvalue weighted by atomic mass is 9.77. The van der Waals surface area contributed by atoms with Crippen LogP contribution < -0.4 is 9.47 Å². The Hall–Kier alpha value is -3.14. The Balaban J connectivity index is 2.53. The molecule has 0 heterocycles. The van der Waals surface area contributed by atoms with Gasteiger partial charge in [-0.05, 0) is 12.1 Å². The van der Waals surface area contributed by atoms with Crippen molar-refractivity contribution in [3.05, 3.63) is 85.0 Å². The summed E-state index contributed by atoms with van der Waals surface area (Å²) in [5.74, 6) is -0.200. The van der Waals surface area contributed by atoms with Crippen molar-refractivity contribution in [3.8, 4) is 11.5 Å². The van der Waals surface area contributed by atoms with Crippen LogP contribution in [0.2, 0.25) is 0 Å². The van der Waals surface area contributed by atoms with E-state index in [9.17, 15) is 9.59 Å². The Bertz CT molecular complexity index is 751. The topological polar surface area (TPSA) is 52.6 Å². The van der Waals surface area contributed by atoms with Crippen LogP contribution in [-0.4, -0.2) is 11.9 Å². The lowest BCUT2D eigenvalue weighted by molar-refractivity contribution is -0.129. The lowest BCUT2D eigenvalue weighted by Gasteiger charge is -2.29. The van der Waals surface area contributed by atoms with Gasteiger partial charge in [-0.2, -0.15) is 0 Å². The fourth-order valence-electron chi connectivity index (χ4n) is 2.59. The predicted octanol–water partition coefficient (Wildman–Crippen LogP) is 4.20. The van der Waals surface area contributed by atoms with Gasteiger partial charge in [-0.15, -0.1) is 0 Å². The standard InChI is InChI=1S/C21H20O4/c1-5-19(22)24-17-13-9-7-11-15(17)21(3,4)16-12-8-10-14-18(16)25-20(23)6-2/h5-14H,1-2H2,3-4H3. The van der Waals surface area contributed by atoms with E-state index in [0.717, 1.165) is 23.3 Å². The summed E-state index contributed by atoms with van der Waals surface area (Å²) >= 11 is 0. The van der Waals surface area contributed by atoms with E-state index in [2.05, 4.69) is 13.2 Å². The molecule has 0 atom stereocenters. The quantitative estimate of drug-likeness (QED) is 0.451. The van der Waals surface area contributed by atoms with Gasteiger partial charge in [0.1, 0.15) is 11.5 Å². The molecule has 0 aromatic heterocycles. The van der Waals surface area contributed by atoms with Crippen molar-refractivity contribution in [3.63, 3.8) is 0 Å². The predicted molar refractivity (Wildman–Crippen MR) is 96.7 cm³/mol. The molecule has 0 unspecified atom stereocenters. The summed E-state index contributed by atoms with van der Waals surface area (Å²) in [6, 6.07) is 14.5. The molecule has 25 heavy (non-hydrogen) atoms. The minimum Gasteiger partial charge on any atom is -0.423 e. The highest BCUT2D eigenvalue weighted by Gasteiger charge is 2.30. The fourth-order valence-corrected chi connectivity index (χ4v) is 2.59. The molecule has 0 saturated heterocycles. The van der Waals surface area contributed by atoms with Gasteiger partial charge in [0.15, 0.2) is 0 Å². The van der Waals surface area contributed by atoms with Crippen LogP contribution in [0.15, 0.2) is 73.8 Å². The smallest absolute Gasteiger partial charge is 0.335 e. The van der Waals surface area contributed by atoms with Gasteiger partial charge in [-0.1, -0.05) is 63.4 Å². The number of benzene rings is 2. The summed E-state index contributed by atoms with van der Waals surface area (Å²) in [6.45, 7) is 10.8. The molecular formula is C21H20O4. The Labute approximate surface area is 147 Å². The largest absolute Gasteiger partial charge is 0.423 e. The van der Waals surface area contributed by atoms with Gasteiger partial charge in [-0.3, -0.25) is 0 Å². The maximum absolute atomic E-state index is 11.6. The monoisotopic (exact) mass is 336 g/mol. The maximum Gasteiger partial charge on any atom is 0.335 e. The number of esters is 2. The number of carbonyl (C=O) groups is 2. The molecule has 128 valence electrons. The summed E-state index contributed by atoms with van der Waals surface area (Å²) < 4.78 is 10.7. The van der Waals surface area contributed by atoms with Crippen molar-refractivity contribution < 1.29 is 19.1 Å². The number of ether oxygens (including phenoxy) is 2. The van der Waals surface area contributed by atoms with Crippen LogP contribution in [0.3, 0.4) is 0 Å². The SMILES string of the molecule is C=CC(=O)Oc1ccccc1C(C)(C)c1ccccc1OC(=O)C=C. The number of hydrogen-bond donors (Lipinski definition) is 0. The first-order valence-electron chi connectivity index (χ1n) is 7.77. The fraction of sp³-hybridized carbons (Fsp3) is 0.143. The highest BCUT2D eigenvalue weighted by atomic mass is 16.5. The van der Waals surface area contributed by atoms with E-state index in [-0.39, 0.29) is 0 Å². The van der Waals surface area contributed by atoms with Gasteiger partial charge >= 0.3 is 11.9 Å². The van der Waals surface area contributed by atoms with Crippen LogP contribution in [0.4, 0.5) is 0 Å². The summed E-state index contributed by atoms with van der Waals surface area (Å²) in [7, 11) is 0. The van der Waals surface area contributed by atoms with Crippen LogP contribution in [-0.2, 0) is 15.0 Å². The van der Waals surface area contributed by atoms with Crippen molar-refractivity contribution >= 4 is 11.9 Å². The highest BCUT2D eigenvalue weighted by Crippen LogP contribution is 2.41. The van der Waals surface area contributed by atoms with Gasteiger partial charge in [0.25, 0.3) is 0 Å². The van der Waals surface area contributed by atoms with Crippen molar-refractivity contribution in [1.29, 1.82) is 0 Å². The number of para-hydroxylation sites is 2. The normalized spacial score (nSPS) is 10.6. The first kappa shape index (κ1) is 18.2. The van der Waals surface area contributed by atoms with E-state index < -0.39 is 17.4 Å². The molecule has 4 nitrogen and oxygen atoms in total. The molecule has 2 rings (SSSR count). The third-order valence-electron chi connectivity index (χ3n) is 3.88. The molecule has 0 radical (unpaired) electrons. The summed E-state index contributed by atoms with van der Waals surface area (Å²) in [4.78, 5) is 23.3. The third-order valence-corrected chi connectivity index (χ3v) is 3.88. The second kappa shape index (κ2) is 7.62. The Morgan fingerprint density at radius 1 is 0.800 bits per heavy atom. The number of hydrogen-bond acceptors (Lipinski definition) is 4. The van der Waals surface area contributed by atoms with Gasteiger partial charge < -0.3 is 9.47 Å². The van der Waals surface area contributed by atoms with Crippen LogP contribution in [0.1, 0.15) is 25.0 Å². The van der Waals surface area contributed by atoms with Crippen molar-refractivity contribution in [2.75, 3.05) is 0 Å². The molecule has 4 heteroatoms. The molecule has 0 bridgehead atoms. The summed E-state index contributed by atoms with van der Waals surface area (Å²) in [5.41, 5.74) is 0.982. The van der Waals surface area contributed by atoms with E-state index in [1.807, 2.05) is 38.1 Å². The molecule has 0 amide bonds. The van der Waals surface area contributed by atoms with Crippen molar-refractivity contribution in [1.82, 2.24) is 0 Å². The summed E-state index contributed by atoms with van der Waals surface area (Å²) in [6.07, 6.45) is 2.23. The first-order chi connectivity index (χ1) is 11.9. The van der Waals surface area contributed by atoms with Crippen LogP contribution in [0, 0.1) is 0 Å². The Kier molecular flexibility index (Phi) is 5.55. The number of carbonyl (C=O) groups excluding carboxylic acids is 2. The van der Waals surface area contributed by atoms with Gasteiger partial charge in [0.05, 0.1) is 0 Å². The maximum atomic E-state index is 11.6. The van der Waals surface area contributed by atoms with Gasteiger partial charge in [0, 0.05) is 28.7 Å². The van der Waals surface area contributed by atoms with Crippen molar-refractivity contribution in [2.45, 2.75) is 19.3 Å². The van der Waals surface area contributed by atoms with E-state index in [4.69, 9.17) is 9.47 Å². The molecule has 0 aliphatic carbocycles. The van der Waals surface area contributed by atoms with Crippen molar-refractivity contribution in [2.24, 2.45) is 0 Å². The third kappa shape index (κ3) is 4.04. The Morgan fingerprint density at radius 3 is 1.52 bits per heavy atom. The molecule has 0 N–H and O–H groups in total. The molecule has 0 fully saturated rings.